The third kappa shape index (κ3) is 3.26. The quantitative estimate of drug-likeness (QED) is 0.512. The Labute approximate surface area is 107 Å². The summed E-state index contributed by atoms with van der Waals surface area (Å²) in [6.45, 7) is 0.622. The summed E-state index contributed by atoms with van der Waals surface area (Å²) in [6.07, 6.45) is 0. The number of nitrogens with one attached hydrogen (secondary N) is 1. The van der Waals surface area contributed by atoms with Crippen LogP contribution in [0.4, 0.5) is 5.69 Å². The van der Waals surface area contributed by atoms with Crippen molar-refractivity contribution in [1.29, 1.82) is 0 Å². The van der Waals surface area contributed by atoms with Gasteiger partial charge in [0.1, 0.15) is 0 Å². The molecule has 1 aromatic carbocycles. The number of hydrogen-bond donors (Lipinski definition) is 3. The molecular formula is C11H12N2O6. The molecule has 0 aromatic heterocycles. The second-order valence-corrected chi connectivity index (χ2v) is 3.75. The summed E-state index contributed by atoms with van der Waals surface area (Å²) in [5.41, 5.74) is -0.107. The van der Waals surface area contributed by atoms with Gasteiger partial charge in [0.2, 0.25) is 0 Å². The number of aliphatic carboxylic acids is 1. The van der Waals surface area contributed by atoms with E-state index >= 15 is 0 Å². The number of amides is 1. The Balaban J connectivity index is 3.04. The lowest BCUT2D eigenvalue weighted by Crippen LogP contribution is -2.43. The van der Waals surface area contributed by atoms with E-state index in [0.29, 0.717) is 0 Å². The van der Waals surface area contributed by atoms with Crippen LogP contribution in [0.2, 0.25) is 0 Å². The number of carbonyl (C=O) groups excluding carboxylic acids is 1. The van der Waals surface area contributed by atoms with Crippen molar-refractivity contribution in [3.63, 3.8) is 0 Å². The number of carbonyl (C=O) groups is 2. The Morgan fingerprint density at radius 2 is 2.11 bits per heavy atom. The maximum absolute atomic E-state index is 11.8. The molecule has 0 aliphatic rings. The molecule has 0 radical (unpaired) electrons. The van der Waals surface area contributed by atoms with E-state index in [2.05, 4.69) is 5.32 Å². The first kappa shape index (κ1) is 14.6. The van der Waals surface area contributed by atoms with Crippen LogP contribution in [0.15, 0.2) is 18.2 Å². The van der Waals surface area contributed by atoms with Crippen molar-refractivity contribution in [3.05, 3.63) is 39.4 Å². The molecule has 1 aromatic rings. The highest BCUT2D eigenvalue weighted by Gasteiger charge is 2.23. The van der Waals surface area contributed by atoms with Gasteiger partial charge in [0.05, 0.1) is 11.5 Å². The lowest BCUT2D eigenvalue weighted by molar-refractivity contribution is -0.385. The van der Waals surface area contributed by atoms with Gasteiger partial charge >= 0.3 is 5.97 Å². The van der Waals surface area contributed by atoms with Gasteiger partial charge in [0.25, 0.3) is 11.6 Å². The first-order valence-corrected chi connectivity index (χ1v) is 5.27. The maximum Gasteiger partial charge on any atom is 0.328 e. The fraction of sp³-hybridized carbons (Fsp3) is 0.273. The van der Waals surface area contributed by atoms with Crippen LogP contribution in [0.3, 0.4) is 0 Å². The number of nitrogens with zero attached hydrogens (tertiary/aromatic N) is 1. The Bertz CT molecular complexity index is 528. The molecule has 0 fully saturated rings. The molecule has 8 nitrogen and oxygen atoms in total. The van der Waals surface area contributed by atoms with Crippen molar-refractivity contribution in [3.8, 4) is 0 Å². The molecule has 0 saturated heterocycles. The van der Waals surface area contributed by atoms with Gasteiger partial charge in [-0.3, -0.25) is 14.9 Å². The Hall–Kier alpha value is -2.48. The zero-order chi connectivity index (χ0) is 14.6. The number of nitro groups is 1. The van der Waals surface area contributed by atoms with Crippen molar-refractivity contribution in [2.45, 2.75) is 13.0 Å². The minimum atomic E-state index is -1.45. The molecule has 8 heteroatoms. The van der Waals surface area contributed by atoms with E-state index in [9.17, 15) is 19.7 Å². The summed E-state index contributed by atoms with van der Waals surface area (Å²) in [5, 5.41) is 30.3. The third-order valence-electron chi connectivity index (χ3n) is 2.53. The fourth-order valence-electron chi connectivity index (χ4n) is 1.49. The maximum atomic E-state index is 11.8. The van der Waals surface area contributed by atoms with Gasteiger partial charge < -0.3 is 15.5 Å². The average Bonchev–Trinajstić information content (AvgIpc) is 2.35. The lowest BCUT2D eigenvalue weighted by atomic mass is 10.1. The number of nitro benzene ring substituents is 1. The number of benzene rings is 1. The molecule has 0 spiro atoms. The zero-order valence-corrected chi connectivity index (χ0v) is 9.99. The van der Waals surface area contributed by atoms with Crippen molar-refractivity contribution >= 4 is 17.6 Å². The van der Waals surface area contributed by atoms with Crippen LogP contribution in [0, 0.1) is 17.0 Å². The topological polar surface area (TPSA) is 130 Å². The fourth-order valence-corrected chi connectivity index (χ4v) is 1.49. The molecule has 0 bridgehead atoms. The molecule has 1 amide bonds. The number of aliphatic hydroxyl groups is 1. The van der Waals surface area contributed by atoms with E-state index in [1.54, 1.807) is 0 Å². The van der Waals surface area contributed by atoms with E-state index < -0.39 is 29.4 Å². The Kier molecular flexibility index (Phi) is 4.54. The molecule has 19 heavy (non-hydrogen) atoms. The van der Waals surface area contributed by atoms with Gasteiger partial charge in [-0.25, -0.2) is 4.79 Å². The van der Waals surface area contributed by atoms with Crippen molar-refractivity contribution < 1.29 is 24.7 Å². The van der Waals surface area contributed by atoms with Gasteiger partial charge in [-0.05, 0) is 13.0 Å². The largest absolute Gasteiger partial charge is 0.480 e. The highest BCUT2D eigenvalue weighted by atomic mass is 16.6. The SMILES string of the molecule is Cc1c(C(=O)N[C@@H](CO)C(=O)O)cccc1[N+](=O)[O-]. The van der Waals surface area contributed by atoms with Crippen LogP contribution in [0.1, 0.15) is 15.9 Å². The highest BCUT2D eigenvalue weighted by molar-refractivity contribution is 5.98. The summed E-state index contributed by atoms with van der Waals surface area (Å²) >= 11 is 0. The van der Waals surface area contributed by atoms with E-state index in [1.807, 2.05) is 0 Å². The van der Waals surface area contributed by atoms with Gasteiger partial charge in [0, 0.05) is 17.2 Å². The van der Waals surface area contributed by atoms with Crippen LogP contribution in [-0.2, 0) is 4.79 Å². The molecule has 0 aliphatic carbocycles. The van der Waals surface area contributed by atoms with Gasteiger partial charge in [-0.1, -0.05) is 6.07 Å². The molecule has 0 saturated carbocycles. The predicted octanol–water partition coefficient (Wildman–Crippen LogP) is 0.0785. The second-order valence-electron chi connectivity index (χ2n) is 3.75. The Morgan fingerprint density at radius 1 is 1.47 bits per heavy atom. The first-order chi connectivity index (χ1) is 8.88. The minimum absolute atomic E-state index is 0.00565. The normalized spacial score (nSPS) is 11.7. The number of hydrogen-bond acceptors (Lipinski definition) is 5. The van der Waals surface area contributed by atoms with E-state index in [0.717, 1.165) is 0 Å². The van der Waals surface area contributed by atoms with Crippen LogP contribution in [0.5, 0.6) is 0 Å². The summed E-state index contributed by atoms with van der Waals surface area (Å²) in [7, 11) is 0. The molecule has 1 rings (SSSR count). The van der Waals surface area contributed by atoms with Crippen LogP contribution >= 0.6 is 0 Å². The van der Waals surface area contributed by atoms with Crippen LogP contribution in [-0.4, -0.2) is 39.7 Å². The standard InChI is InChI=1S/C11H12N2O6/c1-6-7(3-2-4-9(6)13(18)19)10(15)12-8(5-14)11(16)17/h2-4,8,14H,5H2,1H3,(H,12,15)(H,16,17)/t8-/m0/s1. The minimum Gasteiger partial charge on any atom is -0.480 e. The molecular weight excluding hydrogens is 256 g/mol. The van der Waals surface area contributed by atoms with Crippen LogP contribution < -0.4 is 5.32 Å². The van der Waals surface area contributed by atoms with E-state index in [1.165, 1.54) is 25.1 Å². The number of carboxylic acids is 1. The van der Waals surface area contributed by atoms with Gasteiger partial charge in [-0.15, -0.1) is 0 Å². The first-order valence-electron chi connectivity index (χ1n) is 5.27. The third-order valence-corrected chi connectivity index (χ3v) is 2.53. The van der Waals surface area contributed by atoms with Crippen molar-refractivity contribution in [2.24, 2.45) is 0 Å². The van der Waals surface area contributed by atoms with Crippen molar-refractivity contribution in [1.82, 2.24) is 5.32 Å². The predicted molar refractivity (Wildman–Crippen MR) is 63.8 cm³/mol. The van der Waals surface area contributed by atoms with Crippen LogP contribution in [0.25, 0.3) is 0 Å². The second kappa shape index (κ2) is 5.91. The molecule has 0 unspecified atom stereocenters. The molecule has 1 atom stereocenters. The van der Waals surface area contributed by atoms with E-state index in [4.69, 9.17) is 10.2 Å². The average molecular weight is 268 g/mol. The smallest absolute Gasteiger partial charge is 0.328 e. The molecule has 102 valence electrons. The number of carboxylic acid groups (broad SMARTS) is 1. The van der Waals surface area contributed by atoms with Gasteiger partial charge in [0.15, 0.2) is 6.04 Å². The number of rotatable bonds is 5. The van der Waals surface area contributed by atoms with E-state index in [-0.39, 0.29) is 16.8 Å². The summed E-state index contributed by atoms with van der Waals surface area (Å²) in [4.78, 5) is 32.6. The highest BCUT2D eigenvalue weighted by Crippen LogP contribution is 2.20. The number of aliphatic hydroxyl groups excluding tert-OH is 1. The molecule has 0 aliphatic heterocycles. The van der Waals surface area contributed by atoms with Gasteiger partial charge in [-0.2, -0.15) is 0 Å². The zero-order valence-electron chi connectivity index (χ0n) is 9.99. The Morgan fingerprint density at radius 3 is 2.58 bits per heavy atom. The summed E-state index contributed by atoms with van der Waals surface area (Å²) in [5.74, 6) is -2.18. The monoisotopic (exact) mass is 268 g/mol. The lowest BCUT2D eigenvalue weighted by Gasteiger charge is -2.12. The summed E-state index contributed by atoms with van der Waals surface area (Å²) < 4.78 is 0. The molecule has 3 N–H and O–H groups in total. The summed E-state index contributed by atoms with van der Waals surface area (Å²) in [6, 6.07) is 2.46. The molecule has 0 heterocycles. The van der Waals surface area contributed by atoms with Crippen molar-refractivity contribution in [2.75, 3.05) is 6.61 Å².